The summed E-state index contributed by atoms with van der Waals surface area (Å²) in [5.41, 5.74) is 0.593. The van der Waals surface area contributed by atoms with Gasteiger partial charge in [-0.25, -0.2) is 0 Å². The van der Waals surface area contributed by atoms with E-state index in [1.54, 1.807) is 12.1 Å². The van der Waals surface area contributed by atoms with Crippen LogP contribution in [-0.2, 0) is 4.79 Å². The average molecular weight is 216 g/mol. The minimum Gasteiger partial charge on any atom is -0.545 e. The molecular weight excluding hydrogens is 211 g/mol. The maximum atomic E-state index is 10.1. The smallest absolute Gasteiger partial charge is 0.0643 e. The van der Waals surface area contributed by atoms with E-state index in [4.69, 9.17) is 23.2 Å². The van der Waals surface area contributed by atoms with E-state index in [9.17, 15) is 9.90 Å². The molecule has 0 N–H and O–H groups in total. The van der Waals surface area contributed by atoms with Crippen LogP contribution in [0, 0.1) is 0 Å². The number of hydrogen-bond acceptors (Lipinski definition) is 2. The Hall–Kier alpha value is -0.990. The van der Waals surface area contributed by atoms with E-state index in [0.717, 1.165) is 6.08 Å². The molecule has 1 aromatic rings. The summed E-state index contributed by atoms with van der Waals surface area (Å²) >= 11 is 11.4. The zero-order valence-corrected chi connectivity index (χ0v) is 7.97. The summed E-state index contributed by atoms with van der Waals surface area (Å²) in [7, 11) is 0. The third-order valence-electron chi connectivity index (χ3n) is 1.36. The molecule has 0 saturated heterocycles. The molecule has 0 spiro atoms. The van der Waals surface area contributed by atoms with Gasteiger partial charge in [0, 0.05) is 10.0 Å². The molecule has 0 radical (unpaired) electrons. The van der Waals surface area contributed by atoms with E-state index in [0.29, 0.717) is 15.6 Å². The summed E-state index contributed by atoms with van der Waals surface area (Å²) < 4.78 is 0. The molecule has 0 aliphatic carbocycles. The number of carboxylic acid groups (broad SMARTS) is 1. The summed E-state index contributed by atoms with van der Waals surface area (Å²) in [4.78, 5) is 10.1. The highest BCUT2D eigenvalue weighted by atomic mass is 35.5. The van der Waals surface area contributed by atoms with E-state index in [2.05, 4.69) is 0 Å². The van der Waals surface area contributed by atoms with E-state index in [-0.39, 0.29) is 0 Å². The molecule has 0 aromatic heterocycles. The van der Waals surface area contributed by atoms with Crippen LogP contribution in [0.25, 0.3) is 6.08 Å². The average Bonchev–Trinajstić information content (AvgIpc) is 2.02. The van der Waals surface area contributed by atoms with E-state index in [1.807, 2.05) is 0 Å². The molecule has 4 heteroatoms. The highest BCUT2D eigenvalue weighted by Crippen LogP contribution is 2.21. The molecule has 0 heterocycles. The normalized spacial score (nSPS) is 10.6. The SMILES string of the molecule is O=C([O-])/C=C/c1ccc(Cl)cc1Cl. The lowest BCUT2D eigenvalue weighted by Gasteiger charge is -1.98. The summed E-state index contributed by atoms with van der Waals surface area (Å²) in [5.74, 6) is -1.26. The van der Waals surface area contributed by atoms with Crippen molar-refractivity contribution in [3.63, 3.8) is 0 Å². The highest BCUT2D eigenvalue weighted by Gasteiger charge is 1.96. The molecule has 0 unspecified atom stereocenters. The van der Waals surface area contributed by atoms with Gasteiger partial charge >= 0.3 is 0 Å². The number of benzene rings is 1. The van der Waals surface area contributed by atoms with Crippen LogP contribution in [0.5, 0.6) is 0 Å². The minimum atomic E-state index is -1.26. The fraction of sp³-hybridized carbons (Fsp3) is 0. The van der Waals surface area contributed by atoms with Crippen molar-refractivity contribution in [3.05, 3.63) is 39.9 Å². The fourth-order valence-corrected chi connectivity index (χ4v) is 1.27. The van der Waals surface area contributed by atoms with Gasteiger partial charge in [-0.3, -0.25) is 0 Å². The number of carbonyl (C=O) groups is 1. The van der Waals surface area contributed by atoms with Gasteiger partial charge in [0.1, 0.15) is 0 Å². The Balaban J connectivity index is 2.96. The first-order chi connectivity index (χ1) is 6.09. The summed E-state index contributed by atoms with van der Waals surface area (Å²) in [6.07, 6.45) is 2.27. The quantitative estimate of drug-likeness (QED) is 0.706. The van der Waals surface area contributed by atoms with Crippen LogP contribution >= 0.6 is 23.2 Å². The Labute approximate surface area is 85.4 Å². The lowest BCUT2D eigenvalue weighted by Crippen LogP contribution is -2.18. The van der Waals surface area contributed by atoms with Gasteiger partial charge in [-0.15, -0.1) is 0 Å². The number of hydrogen-bond donors (Lipinski definition) is 0. The first kappa shape index (κ1) is 10.1. The standard InChI is InChI=1S/C9H6Cl2O2/c10-7-3-1-6(8(11)5-7)2-4-9(12)13/h1-5H,(H,12,13)/p-1/b4-2+. The van der Waals surface area contributed by atoms with Crippen molar-refractivity contribution in [2.24, 2.45) is 0 Å². The molecule has 0 saturated carbocycles. The van der Waals surface area contributed by atoms with Crippen molar-refractivity contribution in [2.45, 2.75) is 0 Å². The molecule has 13 heavy (non-hydrogen) atoms. The summed E-state index contributed by atoms with van der Waals surface area (Å²) in [5, 5.41) is 11.0. The molecule has 1 aromatic carbocycles. The number of carboxylic acids is 1. The van der Waals surface area contributed by atoms with Crippen LogP contribution in [0.1, 0.15) is 5.56 Å². The monoisotopic (exact) mass is 215 g/mol. The van der Waals surface area contributed by atoms with Crippen molar-refractivity contribution in [3.8, 4) is 0 Å². The zero-order chi connectivity index (χ0) is 9.84. The molecular formula is C9H5Cl2O2-. The van der Waals surface area contributed by atoms with Crippen LogP contribution in [0.15, 0.2) is 24.3 Å². The molecule has 0 bridgehead atoms. The van der Waals surface area contributed by atoms with Crippen molar-refractivity contribution >= 4 is 35.2 Å². The van der Waals surface area contributed by atoms with Crippen molar-refractivity contribution in [1.29, 1.82) is 0 Å². The minimum absolute atomic E-state index is 0.407. The predicted molar refractivity (Wildman–Crippen MR) is 50.5 cm³/mol. The van der Waals surface area contributed by atoms with Gasteiger partial charge in [-0.05, 0) is 23.8 Å². The first-order valence-electron chi connectivity index (χ1n) is 3.43. The molecule has 0 aliphatic rings. The number of halogens is 2. The largest absolute Gasteiger partial charge is 0.545 e. The van der Waals surface area contributed by atoms with Gasteiger partial charge in [-0.1, -0.05) is 35.3 Å². The lowest BCUT2D eigenvalue weighted by atomic mass is 10.2. The third-order valence-corrected chi connectivity index (χ3v) is 1.92. The molecule has 0 fully saturated rings. The molecule has 0 amide bonds. The van der Waals surface area contributed by atoms with Crippen LogP contribution < -0.4 is 5.11 Å². The van der Waals surface area contributed by atoms with Crippen LogP contribution in [0.3, 0.4) is 0 Å². The second-order valence-corrected chi connectivity index (χ2v) is 3.16. The molecule has 1 rings (SSSR count). The molecule has 2 nitrogen and oxygen atoms in total. The number of aliphatic carboxylic acids is 1. The third kappa shape index (κ3) is 3.09. The lowest BCUT2D eigenvalue weighted by molar-refractivity contribution is -0.297. The zero-order valence-electron chi connectivity index (χ0n) is 6.46. The highest BCUT2D eigenvalue weighted by molar-refractivity contribution is 6.35. The van der Waals surface area contributed by atoms with Crippen LogP contribution in [0.2, 0.25) is 10.0 Å². The maximum absolute atomic E-state index is 10.1. The Morgan fingerprint density at radius 1 is 1.38 bits per heavy atom. The van der Waals surface area contributed by atoms with Crippen molar-refractivity contribution < 1.29 is 9.90 Å². The number of rotatable bonds is 2. The van der Waals surface area contributed by atoms with Gasteiger partial charge in [0.05, 0.1) is 5.97 Å². The van der Waals surface area contributed by atoms with Gasteiger partial charge < -0.3 is 9.90 Å². The van der Waals surface area contributed by atoms with Crippen LogP contribution in [0.4, 0.5) is 0 Å². The maximum Gasteiger partial charge on any atom is 0.0643 e. The first-order valence-corrected chi connectivity index (χ1v) is 4.19. The van der Waals surface area contributed by atoms with Crippen molar-refractivity contribution in [1.82, 2.24) is 0 Å². The van der Waals surface area contributed by atoms with Gasteiger partial charge in [0.25, 0.3) is 0 Å². The van der Waals surface area contributed by atoms with Gasteiger partial charge in [0.15, 0.2) is 0 Å². The van der Waals surface area contributed by atoms with E-state index >= 15 is 0 Å². The summed E-state index contributed by atoms with van der Waals surface area (Å²) in [6, 6.07) is 4.80. The Bertz CT molecular complexity index is 359. The van der Waals surface area contributed by atoms with Gasteiger partial charge in [0.2, 0.25) is 0 Å². The predicted octanol–water partition coefficient (Wildman–Crippen LogP) is 1.76. The second kappa shape index (κ2) is 4.30. The Morgan fingerprint density at radius 3 is 2.62 bits per heavy atom. The molecule has 0 atom stereocenters. The van der Waals surface area contributed by atoms with Crippen molar-refractivity contribution in [2.75, 3.05) is 0 Å². The Morgan fingerprint density at radius 2 is 2.08 bits per heavy atom. The molecule has 68 valence electrons. The fourth-order valence-electron chi connectivity index (χ4n) is 0.794. The van der Waals surface area contributed by atoms with E-state index in [1.165, 1.54) is 12.1 Å². The second-order valence-electron chi connectivity index (χ2n) is 2.32. The number of carbonyl (C=O) groups excluding carboxylic acids is 1. The van der Waals surface area contributed by atoms with Gasteiger partial charge in [-0.2, -0.15) is 0 Å². The summed E-state index contributed by atoms with van der Waals surface area (Å²) in [6.45, 7) is 0. The Kier molecular flexibility index (Phi) is 3.34. The van der Waals surface area contributed by atoms with Crippen LogP contribution in [-0.4, -0.2) is 5.97 Å². The van der Waals surface area contributed by atoms with E-state index < -0.39 is 5.97 Å². The topological polar surface area (TPSA) is 40.1 Å². The molecule has 0 aliphatic heterocycles.